The Balaban J connectivity index is 1.28. The average molecular weight is 409 g/mol. The summed E-state index contributed by atoms with van der Waals surface area (Å²) in [4.78, 5) is 30.8. The zero-order valence-electron chi connectivity index (χ0n) is 17.2. The number of aromatic nitrogens is 3. The van der Waals surface area contributed by atoms with Crippen molar-refractivity contribution in [2.45, 2.75) is 50.7 Å². The van der Waals surface area contributed by atoms with Gasteiger partial charge in [-0.3, -0.25) is 4.98 Å². The lowest BCUT2D eigenvalue weighted by Crippen LogP contribution is -2.45. The van der Waals surface area contributed by atoms with E-state index in [1.165, 1.54) is 0 Å². The van der Waals surface area contributed by atoms with E-state index < -0.39 is 0 Å². The molecule has 8 nitrogen and oxygen atoms in total. The van der Waals surface area contributed by atoms with Crippen LogP contribution in [-0.4, -0.2) is 63.1 Å². The summed E-state index contributed by atoms with van der Waals surface area (Å²) in [6.45, 7) is 3.59. The van der Waals surface area contributed by atoms with E-state index in [0.29, 0.717) is 25.1 Å². The molecule has 2 amide bonds. The van der Waals surface area contributed by atoms with Gasteiger partial charge in [0.1, 0.15) is 0 Å². The van der Waals surface area contributed by atoms with Gasteiger partial charge in [-0.25, -0.2) is 14.8 Å². The fourth-order valence-electron chi connectivity index (χ4n) is 4.66. The molecule has 8 heteroatoms. The van der Waals surface area contributed by atoms with Crippen molar-refractivity contribution in [1.82, 2.24) is 24.8 Å². The first-order chi connectivity index (χ1) is 14.8. The van der Waals surface area contributed by atoms with Crippen LogP contribution in [0.15, 0.2) is 30.7 Å². The van der Waals surface area contributed by atoms with Crippen LogP contribution in [0.1, 0.15) is 48.5 Å². The van der Waals surface area contributed by atoms with Crippen LogP contribution >= 0.6 is 0 Å². The topological polar surface area (TPSA) is 83.5 Å². The van der Waals surface area contributed by atoms with Gasteiger partial charge >= 0.3 is 6.03 Å². The molecule has 2 saturated heterocycles. The number of nitrogens with one attached hydrogen (secondary N) is 1. The second kappa shape index (κ2) is 8.55. The molecule has 0 spiro atoms. The van der Waals surface area contributed by atoms with Gasteiger partial charge in [0.05, 0.1) is 18.3 Å². The number of pyridine rings is 1. The molecule has 30 heavy (non-hydrogen) atoms. The Bertz CT molecular complexity index is 886. The minimum atomic E-state index is 0.101. The second-order valence-electron chi connectivity index (χ2n) is 8.29. The summed E-state index contributed by atoms with van der Waals surface area (Å²) in [7, 11) is 0. The van der Waals surface area contributed by atoms with Gasteiger partial charge in [0.15, 0.2) is 0 Å². The van der Waals surface area contributed by atoms with Crippen molar-refractivity contribution in [1.29, 1.82) is 0 Å². The molecule has 5 rings (SSSR count). The lowest BCUT2D eigenvalue weighted by molar-refractivity contribution is 0.0903. The van der Waals surface area contributed by atoms with E-state index in [0.717, 1.165) is 68.7 Å². The van der Waals surface area contributed by atoms with Crippen molar-refractivity contribution in [3.8, 4) is 0 Å². The maximum absolute atomic E-state index is 13.4. The van der Waals surface area contributed by atoms with Crippen molar-refractivity contribution >= 4 is 12.0 Å². The van der Waals surface area contributed by atoms with Crippen molar-refractivity contribution in [3.63, 3.8) is 0 Å². The molecule has 1 atom stereocenters. The number of nitrogens with zero attached hydrogens (tertiary/aromatic N) is 5. The minimum absolute atomic E-state index is 0.101. The van der Waals surface area contributed by atoms with Crippen LogP contribution in [0.4, 0.5) is 10.7 Å². The van der Waals surface area contributed by atoms with Crippen molar-refractivity contribution in [2.24, 2.45) is 0 Å². The molecular formula is C22H28N6O2. The Morgan fingerprint density at radius 1 is 1.17 bits per heavy atom. The summed E-state index contributed by atoms with van der Waals surface area (Å²) in [6, 6.07) is 4.57. The number of carbonyl (C=O) groups is 1. The first-order valence-electron chi connectivity index (χ1n) is 10.9. The van der Waals surface area contributed by atoms with Crippen LogP contribution in [-0.2, 0) is 17.7 Å². The molecule has 3 aliphatic heterocycles. The first kappa shape index (κ1) is 19.2. The van der Waals surface area contributed by atoms with E-state index in [1.807, 2.05) is 28.3 Å². The number of rotatable bonds is 3. The Morgan fingerprint density at radius 3 is 2.90 bits per heavy atom. The van der Waals surface area contributed by atoms with E-state index in [-0.39, 0.29) is 12.1 Å². The Morgan fingerprint density at radius 2 is 2.07 bits per heavy atom. The Kier molecular flexibility index (Phi) is 5.48. The minimum Gasteiger partial charge on any atom is -0.381 e. The lowest BCUT2D eigenvalue weighted by atomic mass is 10.1. The molecule has 2 aromatic rings. The maximum atomic E-state index is 13.4. The fraction of sp³-hybridized carbons (Fsp3) is 0.545. The van der Waals surface area contributed by atoms with Crippen LogP contribution in [0.3, 0.4) is 0 Å². The molecular weight excluding hydrogens is 380 g/mol. The zero-order chi connectivity index (χ0) is 20.3. The predicted molar refractivity (Wildman–Crippen MR) is 112 cm³/mol. The summed E-state index contributed by atoms with van der Waals surface area (Å²) in [5.41, 5.74) is 3.21. The summed E-state index contributed by atoms with van der Waals surface area (Å²) >= 11 is 0. The highest BCUT2D eigenvalue weighted by Gasteiger charge is 2.34. The summed E-state index contributed by atoms with van der Waals surface area (Å²) < 4.78 is 5.42. The Hall–Kier alpha value is -2.74. The fourth-order valence-corrected chi connectivity index (χ4v) is 4.66. The van der Waals surface area contributed by atoms with E-state index >= 15 is 0 Å². The number of urea groups is 1. The molecule has 3 aliphatic rings. The molecule has 5 heterocycles. The van der Waals surface area contributed by atoms with Crippen molar-refractivity contribution in [2.75, 3.05) is 31.6 Å². The molecule has 1 unspecified atom stereocenters. The summed E-state index contributed by atoms with van der Waals surface area (Å²) in [5, 5.41) is 3.44. The molecule has 2 fully saturated rings. The SMILES string of the molecule is O=C(N1CCc2cnc(NC3CCOCC3)nc2C1)N1CCCC1c1cccnc1. The lowest BCUT2D eigenvalue weighted by Gasteiger charge is -2.34. The zero-order valence-corrected chi connectivity index (χ0v) is 17.2. The number of amides is 2. The van der Waals surface area contributed by atoms with E-state index in [9.17, 15) is 4.79 Å². The molecule has 0 aromatic carbocycles. The Labute approximate surface area is 176 Å². The van der Waals surface area contributed by atoms with Crippen LogP contribution in [0.25, 0.3) is 0 Å². The maximum Gasteiger partial charge on any atom is 0.320 e. The molecule has 0 aliphatic carbocycles. The first-order valence-corrected chi connectivity index (χ1v) is 10.9. The van der Waals surface area contributed by atoms with Gasteiger partial charge in [-0.15, -0.1) is 0 Å². The average Bonchev–Trinajstić information content (AvgIpc) is 3.29. The number of hydrogen-bond acceptors (Lipinski definition) is 6. The standard InChI is InChI=1S/C22H28N6O2/c29-22(28-9-2-4-20(28)17-3-1-8-23-13-17)27-10-5-16-14-24-21(26-19(16)15-27)25-18-6-11-30-12-7-18/h1,3,8,13-14,18,20H,2,4-7,9-12,15H2,(H,24,25,26). The monoisotopic (exact) mass is 408 g/mol. The highest BCUT2D eigenvalue weighted by atomic mass is 16.5. The van der Waals surface area contributed by atoms with Gasteiger partial charge < -0.3 is 19.9 Å². The summed E-state index contributed by atoms with van der Waals surface area (Å²) in [5.74, 6) is 0.657. The van der Waals surface area contributed by atoms with E-state index in [1.54, 1.807) is 6.20 Å². The van der Waals surface area contributed by atoms with Crippen LogP contribution < -0.4 is 5.32 Å². The molecule has 0 saturated carbocycles. The van der Waals surface area contributed by atoms with Gasteiger partial charge in [-0.1, -0.05) is 6.07 Å². The number of hydrogen-bond donors (Lipinski definition) is 1. The second-order valence-corrected chi connectivity index (χ2v) is 8.29. The third-order valence-electron chi connectivity index (χ3n) is 6.34. The van der Waals surface area contributed by atoms with E-state index in [2.05, 4.69) is 21.4 Å². The molecule has 0 bridgehead atoms. The summed E-state index contributed by atoms with van der Waals surface area (Å²) in [6.07, 6.45) is 10.3. The molecule has 158 valence electrons. The quantitative estimate of drug-likeness (QED) is 0.841. The van der Waals surface area contributed by atoms with Crippen molar-refractivity contribution in [3.05, 3.63) is 47.5 Å². The number of ether oxygens (including phenoxy) is 1. The van der Waals surface area contributed by atoms with Crippen LogP contribution in [0.2, 0.25) is 0 Å². The third kappa shape index (κ3) is 3.96. The normalized spacial score (nSPS) is 22.1. The molecule has 0 radical (unpaired) electrons. The van der Waals surface area contributed by atoms with Gasteiger partial charge in [0, 0.05) is 50.9 Å². The number of likely N-dealkylation sites (tertiary alicyclic amines) is 1. The molecule has 1 N–H and O–H groups in total. The smallest absolute Gasteiger partial charge is 0.320 e. The van der Waals surface area contributed by atoms with Gasteiger partial charge in [-0.2, -0.15) is 0 Å². The van der Waals surface area contributed by atoms with Crippen LogP contribution in [0, 0.1) is 0 Å². The largest absolute Gasteiger partial charge is 0.381 e. The van der Waals surface area contributed by atoms with Gasteiger partial charge in [-0.05, 0) is 49.3 Å². The highest BCUT2D eigenvalue weighted by molar-refractivity contribution is 5.75. The van der Waals surface area contributed by atoms with Gasteiger partial charge in [0.2, 0.25) is 5.95 Å². The molecule has 2 aromatic heterocycles. The number of carbonyl (C=O) groups excluding carboxylic acids is 1. The highest BCUT2D eigenvalue weighted by Crippen LogP contribution is 2.33. The number of anilines is 1. The predicted octanol–water partition coefficient (Wildman–Crippen LogP) is 2.78. The van der Waals surface area contributed by atoms with Crippen LogP contribution in [0.5, 0.6) is 0 Å². The van der Waals surface area contributed by atoms with E-state index in [4.69, 9.17) is 9.72 Å². The number of fused-ring (bicyclic) bond motifs is 1. The third-order valence-corrected chi connectivity index (χ3v) is 6.34. The van der Waals surface area contributed by atoms with Crippen molar-refractivity contribution < 1.29 is 9.53 Å². The van der Waals surface area contributed by atoms with Gasteiger partial charge in [0.25, 0.3) is 0 Å².